The molecule has 2 heteroatoms. The summed E-state index contributed by atoms with van der Waals surface area (Å²) in [6.45, 7) is 0. The summed E-state index contributed by atoms with van der Waals surface area (Å²) in [6.07, 6.45) is 6.50. The van der Waals surface area contributed by atoms with Gasteiger partial charge in [-0.3, -0.25) is 0 Å². The van der Waals surface area contributed by atoms with Crippen LogP contribution in [0.5, 0.6) is 0 Å². The maximum absolute atomic E-state index is 3.68. The van der Waals surface area contributed by atoms with Gasteiger partial charge in [-0.25, -0.2) is 9.98 Å². The number of hydrogen-bond acceptors (Lipinski definition) is 2. The fourth-order valence-electron chi connectivity index (χ4n) is 0.315. The molecule has 38 valence electrons. The van der Waals surface area contributed by atoms with Crippen molar-refractivity contribution in [1.29, 1.82) is 0 Å². The molecule has 0 unspecified atom stereocenters. The Labute approximate surface area is 47.3 Å². The average molecular weight is 104 g/mol. The van der Waals surface area contributed by atoms with Crippen LogP contribution in [-0.2, 0) is 0 Å². The molecule has 1 aliphatic rings. The first-order valence-corrected chi connectivity index (χ1v) is 2.21. The maximum Gasteiger partial charge on any atom is 0.0981 e. The lowest BCUT2D eigenvalue weighted by Gasteiger charge is -1.69. The van der Waals surface area contributed by atoms with E-state index in [1.54, 1.807) is 18.4 Å². The Morgan fingerprint density at radius 2 is 2.12 bits per heavy atom. The summed E-state index contributed by atoms with van der Waals surface area (Å²) in [5.74, 6) is 5.17. The van der Waals surface area contributed by atoms with E-state index in [4.69, 9.17) is 0 Å². The van der Waals surface area contributed by atoms with Gasteiger partial charge in [0.05, 0.1) is 6.20 Å². The molecular weight excluding hydrogens is 100 g/mol. The largest absolute Gasteiger partial charge is 0.213 e. The summed E-state index contributed by atoms with van der Waals surface area (Å²) in [7, 11) is 0. The lowest BCUT2D eigenvalue weighted by molar-refractivity contribution is 1.57. The number of allylic oxidation sites excluding steroid dienone is 2. The van der Waals surface area contributed by atoms with Gasteiger partial charge in [-0.1, -0.05) is 0 Å². The molecule has 8 heavy (non-hydrogen) atoms. The van der Waals surface area contributed by atoms with Crippen molar-refractivity contribution in [2.45, 2.75) is 0 Å². The molecule has 0 spiro atoms. The molecule has 2 nitrogen and oxygen atoms in total. The first-order valence-electron chi connectivity index (χ1n) is 2.21. The second-order valence-electron chi connectivity index (χ2n) is 1.15. The van der Waals surface area contributed by atoms with E-state index in [0.717, 1.165) is 0 Å². The molecule has 0 fully saturated rings. The molecule has 0 atom stereocenters. The molecule has 0 N–H and O–H groups in total. The standard InChI is InChI=1S/C6H4N2/c1-2-4-8-6-5-7-3-1/h1-3,6H/b3-1-. The highest BCUT2D eigenvalue weighted by Gasteiger charge is 1.61. The Morgan fingerprint density at radius 3 is 3.12 bits per heavy atom. The molecular formula is C6H4N2. The van der Waals surface area contributed by atoms with Gasteiger partial charge in [0.15, 0.2) is 0 Å². The van der Waals surface area contributed by atoms with E-state index < -0.39 is 0 Å². The van der Waals surface area contributed by atoms with Gasteiger partial charge in [-0.2, -0.15) is 0 Å². The Kier molecular flexibility index (Phi) is 1.65. The third kappa shape index (κ3) is 1.39. The number of hydrogen-bond donors (Lipinski definition) is 0. The first-order chi connectivity index (χ1) is 4.00. The van der Waals surface area contributed by atoms with Crippen molar-refractivity contribution in [1.82, 2.24) is 0 Å². The van der Waals surface area contributed by atoms with Crippen LogP contribution >= 0.6 is 0 Å². The van der Waals surface area contributed by atoms with E-state index in [1.807, 2.05) is 0 Å². The van der Waals surface area contributed by atoms with Crippen LogP contribution in [-0.4, -0.2) is 11.7 Å². The molecule has 0 radical (unpaired) electrons. The van der Waals surface area contributed by atoms with Gasteiger partial charge < -0.3 is 0 Å². The minimum atomic E-state index is 1.46. The lowest BCUT2D eigenvalue weighted by atomic mass is 10.6. The highest BCUT2D eigenvalue weighted by Crippen LogP contribution is 1.75. The van der Waals surface area contributed by atoms with Crippen molar-refractivity contribution in [3.63, 3.8) is 0 Å². The third-order valence-electron chi connectivity index (χ3n) is 0.603. The normalized spacial score (nSPS) is 18.0. The van der Waals surface area contributed by atoms with Gasteiger partial charge in [0.2, 0.25) is 0 Å². The van der Waals surface area contributed by atoms with Crippen molar-refractivity contribution in [2.24, 2.45) is 9.98 Å². The van der Waals surface area contributed by atoms with Crippen molar-refractivity contribution in [3.8, 4) is 0 Å². The topological polar surface area (TPSA) is 24.7 Å². The number of aliphatic imine (C=N–C) groups is 2. The van der Waals surface area contributed by atoms with Gasteiger partial charge in [0.1, 0.15) is 0 Å². The summed E-state index contributed by atoms with van der Waals surface area (Å²) in [5.41, 5.74) is 0. The van der Waals surface area contributed by atoms with Gasteiger partial charge in [-0.15, -0.1) is 0 Å². The first kappa shape index (κ1) is 4.79. The zero-order chi connectivity index (χ0) is 5.66. The SMILES string of the molecule is C1=C/C=C\N=C=CN=1. The molecule has 0 aliphatic carbocycles. The quantitative estimate of drug-likeness (QED) is 0.436. The van der Waals surface area contributed by atoms with Gasteiger partial charge in [0.25, 0.3) is 0 Å². The van der Waals surface area contributed by atoms with E-state index in [2.05, 4.69) is 21.7 Å². The van der Waals surface area contributed by atoms with Crippen LogP contribution in [0, 0.1) is 0 Å². The molecule has 0 aromatic carbocycles. The second-order valence-corrected chi connectivity index (χ2v) is 1.15. The van der Waals surface area contributed by atoms with Crippen molar-refractivity contribution in [3.05, 3.63) is 24.6 Å². The average Bonchev–Trinajstić information content (AvgIpc) is 1.62. The second kappa shape index (κ2) is 2.75. The van der Waals surface area contributed by atoms with Gasteiger partial charge in [-0.05, 0) is 11.9 Å². The molecule has 0 amide bonds. The van der Waals surface area contributed by atoms with Crippen molar-refractivity contribution >= 4 is 11.7 Å². The zero-order valence-corrected chi connectivity index (χ0v) is 4.20. The molecule has 1 rings (SSSR count). The summed E-state index contributed by atoms with van der Waals surface area (Å²) < 4.78 is 0. The predicted octanol–water partition coefficient (Wildman–Crippen LogP) is 0.923. The summed E-state index contributed by atoms with van der Waals surface area (Å²) in [4.78, 5) is 7.32. The van der Waals surface area contributed by atoms with E-state index in [9.17, 15) is 0 Å². The van der Waals surface area contributed by atoms with Gasteiger partial charge in [0, 0.05) is 18.1 Å². The van der Waals surface area contributed by atoms with Crippen LogP contribution in [0.4, 0.5) is 0 Å². The maximum atomic E-state index is 3.68. The molecule has 0 bridgehead atoms. The van der Waals surface area contributed by atoms with E-state index in [0.29, 0.717) is 0 Å². The van der Waals surface area contributed by atoms with Gasteiger partial charge >= 0.3 is 0 Å². The Balaban J connectivity index is 2.98. The predicted molar refractivity (Wildman–Crippen MR) is 33.1 cm³/mol. The van der Waals surface area contributed by atoms with Crippen LogP contribution in [0.25, 0.3) is 0 Å². The molecule has 0 aromatic rings. The number of rotatable bonds is 0. The van der Waals surface area contributed by atoms with Crippen molar-refractivity contribution in [2.75, 3.05) is 0 Å². The van der Waals surface area contributed by atoms with Crippen LogP contribution in [0.15, 0.2) is 34.5 Å². The minimum absolute atomic E-state index is 1.46. The summed E-state index contributed by atoms with van der Waals surface area (Å²) in [6, 6.07) is 0. The Morgan fingerprint density at radius 1 is 1.12 bits per heavy atom. The lowest BCUT2D eigenvalue weighted by Crippen LogP contribution is -1.58. The van der Waals surface area contributed by atoms with Crippen LogP contribution in [0.2, 0.25) is 0 Å². The van der Waals surface area contributed by atoms with E-state index in [1.165, 1.54) is 6.20 Å². The molecule has 0 saturated heterocycles. The Hall–Kier alpha value is -1.36. The van der Waals surface area contributed by atoms with Crippen LogP contribution in [0.1, 0.15) is 0 Å². The number of nitrogens with zero attached hydrogens (tertiary/aromatic N) is 2. The van der Waals surface area contributed by atoms with Crippen LogP contribution in [0.3, 0.4) is 0 Å². The monoisotopic (exact) mass is 104 g/mol. The van der Waals surface area contributed by atoms with E-state index >= 15 is 0 Å². The Bertz CT molecular complexity index is 187. The van der Waals surface area contributed by atoms with E-state index in [-0.39, 0.29) is 0 Å². The fraction of sp³-hybridized carbons (Fsp3) is 0. The molecule has 0 aromatic heterocycles. The summed E-state index contributed by atoms with van der Waals surface area (Å²) in [5, 5.41) is 0. The summed E-state index contributed by atoms with van der Waals surface area (Å²) >= 11 is 0. The van der Waals surface area contributed by atoms with Crippen molar-refractivity contribution < 1.29 is 0 Å². The van der Waals surface area contributed by atoms with Crippen LogP contribution < -0.4 is 0 Å². The minimum Gasteiger partial charge on any atom is -0.213 e. The third-order valence-corrected chi connectivity index (χ3v) is 0.603. The molecule has 0 saturated carbocycles. The smallest absolute Gasteiger partial charge is 0.0981 e. The highest BCUT2D eigenvalue weighted by molar-refractivity contribution is 5.61. The molecule has 1 aliphatic heterocycles. The zero-order valence-electron chi connectivity index (χ0n) is 4.20. The molecule has 1 heterocycles. The highest BCUT2D eigenvalue weighted by atomic mass is 14.7. The fourth-order valence-corrected chi connectivity index (χ4v) is 0.315.